The molecule has 4 rings (SSSR count). The molecule has 0 saturated carbocycles. The number of hydrogen-bond donors (Lipinski definition) is 0. The summed E-state index contributed by atoms with van der Waals surface area (Å²) < 4.78 is 0. The molecule has 0 N–H and O–H groups in total. The minimum absolute atomic E-state index is 0. The first-order chi connectivity index (χ1) is 12.7. The van der Waals surface area contributed by atoms with Gasteiger partial charge in [0.2, 0.25) is 0 Å². The van der Waals surface area contributed by atoms with Crippen LogP contribution >= 0.6 is 0 Å². The molecule has 0 radical (unpaired) electrons. The summed E-state index contributed by atoms with van der Waals surface area (Å²) in [5.74, 6) is 0. The van der Waals surface area contributed by atoms with Crippen LogP contribution in [0, 0.1) is 39.5 Å². The van der Waals surface area contributed by atoms with Crippen molar-refractivity contribution in [2.45, 2.75) is 26.7 Å². The van der Waals surface area contributed by atoms with E-state index in [2.05, 4.69) is 80.6 Å². The zero-order valence-electron chi connectivity index (χ0n) is 17.1. The second kappa shape index (κ2) is 15.9. The standard InChI is InChI=1S/C12H11.2C7H7.CH3.Ti/c1-2-6-11(7-3-1)10-12-8-4-5-9-12;2*1-7-5-3-2-4-6-7;;/h1-4,6-8H,5,10H2;2*2-3,5-6H,1H3;1H3;/q4*-1;+4. The van der Waals surface area contributed by atoms with E-state index < -0.39 is 0 Å². The van der Waals surface area contributed by atoms with Gasteiger partial charge in [-0.25, -0.2) is 11.6 Å². The second-order valence-electron chi connectivity index (χ2n) is 6.13. The number of hydrogen-bond acceptors (Lipinski definition) is 0. The third kappa shape index (κ3) is 11.5. The summed E-state index contributed by atoms with van der Waals surface area (Å²) in [4.78, 5) is 0. The van der Waals surface area contributed by atoms with Crippen LogP contribution in [0.3, 0.4) is 0 Å². The molecule has 3 aromatic rings. The molecule has 0 aromatic heterocycles. The van der Waals surface area contributed by atoms with Crippen molar-refractivity contribution < 1.29 is 21.7 Å². The third-order valence-electron chi connectivity index (χ3n) is 3.73. The van der Waals surface area contributed by atoms with Gasteiger partial charge in [-0.3, -0.25) is 6.08 Å². The minimum atomic E-state index is 0. The van der Waals surface area contributed by atoms with E-state index in [9.17, 15) is 0 Å². The van der Waals surface area contributed by atoms with Crippen LogP contribution in [0.2, 0.25) is 0 Å². The zero-order chi connectivity index (χ0) is 18.5. The molecule has 0 nitrogen and oxygen atoms in total. The molecule has 140 valence electrons. The second-order valence-corrected chi connectivity index (χ2v) is 6.13. The van der Waals surface area contributed by atoms with Crippen LogP contribution in [0.25, 0.3) is 0 Å². The molecule has 28 heavy (non-hydrogen) atoms. The fraction of sp³-hybridized carbons (Fsp3) is 0.148. The van der Waals surface area contributed by atoms with Gasteiger partial charge in [-0.1, -0.05) is 44.2 Å². The molecular formula is C27H28Ti. The number of benzene rings is 3. The Hall–Kier alpha value is -2.15. The Labute approximate surface area is 186 Å². The van der Waals surface area contributed by atoms with Crippen LogP contribution in [-0.4, -0.2) is 0 Å². The Morgan fingerprint density at radius 2 is 1.36 bits per heavy atom. The molecule has 0 amide bonds. The largest absolute Gasteiger partial charge is 4.00 e. The molecule has 0 heterocycles. The molecule has 0 unspecified atom stereocenters. The first kappa shape index (κ1) is 25.9. The van der Waals surface area contributed by atoms with E-state index in [1.807, 2.05) is 42.5 Å². The van der Waals surface area contributed by atoms with Gasteiger partial charge in [0.15, 0.2) is 0 Å². The maximum atomic E-state index is 3.31. The van der Waals surface area contributed by atoms with Crippen molar-refractivity contribution in [1.82, 2.24) is 0 Å². The quantitative estimate of drug-likeness (QED) is 0.322. The van der Waals surface area contributed by atoms with Crippen LogP contribution in [0.4, 0.5) is 0 Å². The summed E-state index contributed by atoms with van der Waals surface area (Å²) in [6.45, 7) is 4.10. The van der Waals surface area contributed by atoms with Crippen molar-refractivity contribution in [1.29, 1.82) is 0 Å². The Bertz CT molecular complexity index is 750. The fourth-order valence-corrected chi connectivity index (χ4v) is 2.35. The van der Waals surface area contributed by atoms with Gasteiger partial charge in [-0.2, -0.15) is 77.9 Å². The molecule has 1 aliphatic carbocycles. The van der Waals surface area contributed by atoms with Crippen molar-refractivity contribution in [3.05, 3.63) is 139 Å². The number of allylic oxidation sites excluding steroid dienone is 4. The fourth-order valence-electron chi connectivity index (χ4n) is 2.35. The SMILES string of the molecule is Cc1c[c-]ccc1.Cc1c[c-]ccc1.[C-]1=C(Cc2ccccc2)C=CC1.[CH3-].[Ti+4]. The summed E-state index contributed by atoms with van der Waals surface area (Å²) >= 11 is 0. The van der Waals surface area contributed by atoms with E-state index in [1.54, 1.807) is 0 Å². The summed E-state index contributed by atoms with van der Waals surface area (Å²) in [6, 6.07) is 32.2. The van der Waals surface area contributed by atoms with Gasteiger partial charge in [0.05, 0.1) is 0 Å². The van der Waals surface area contributed by atoms with Crippen LogP contribution in [0.5, 0.6) is 0 Å². The van der Waals surface area contributed by atoms with E-state index in [0.29, 0.717) is 0 Å². The molecule has 0 atom stereocenters. The number of rotatable bonds is 2. The molecule has 0 saturated heterocycles. The third-order valence-corrected chi connectivity index (χ3v) is 3.73. The topological polar surface area (TPSA) is 0 Å². The molecular weight excluding hydrogens is 372 g/mol. The maximum Gasteiger partial charge on any atom is 4.00 e. The maximum absolute atomic E-state index is 3.31. The van der Waals surface area contributed by atoms with Crippen LogP contribution in [0.15, 0.2) is 96.6 Å². The molecule has 0 aliphatic heterocycles. The molecule has 3 aromatic carbocycles. The Morgan fingerprint density at radius 3 is 1.71 bits per heavy atom. The molecule has 1 heteroatoms. The van der Waals surface area contributed by atoms with Crippen molar-refractivity contribution in [3.63, 3.8) is 0 Å². The number of aryl methyl sites for hydroxylation is 2. The van der Waals surface area contributed by atoms with E-state index in [1.165, 1.54) is 22.3 Å². The minimum Gasteiger partial charge on any atom is -0.358 e. The van der Waals surface area contributed by atoms with Gasteiger partial charge >= 0.3 is 21.7 Å². The summed E-state index contributed by atoms with van der Waals surface area (Å²) in [5, 5.41) is 0. The van der Waals surface area contributed by atoms with Crippen LogP contribution < -0.4 is 0 Å². The molecule has 0 spiro atoms. The molecule has 1 aliphatic rings. The first-order valence-electron chi connectivity index (χ1n) is 8.89. The summed E-state index contributed by atoms with van der Waals surface area (Å²) in [5.41, 5.74) is 5.22. The van der Waals surface area contributed by atoms with Gasteiger partial charge < -0.3 is 7.43 Å². The first-order valence-corrected chi connectivity index (χ1v) is 8.89. The average molecular weight is 400 g/mol. The summed E-state index contributed by atoms with van der Waals surface area (Å²) in [7, 11) is 0. The van der Waals surface area contributed by atoms with Crippen LogP contribution in [0.1, 0.15) is 23.1 Å². The normalized spacial score (nSPS) is 10.7. The molecule has 0 bridgehead atoms. The van der Waals surface area contributed by atoms with Crippen molar-refractivity contribution in [3.8, 4) is 0 Å². The summed E-state index contributed by atoms with van der Waals surface area (Å²) in [6.07, 6.45) is 9.63. The predicted octanol–water partition coefficient (Wildman–Crippen LogP) is 6.96. The van der Waals surface area contributed by atoms with E-state index in [0.717, 1.165) is 12.8 Å². The monoisotopic (exact) mass is 400 g/mol. The Kier molecular flexibility index (Phi) is 14.7. The van der Waals surface area contributed by atoms with Crippen molar-refractivity contribution in [2.75, 3.05) is 0 Å². The van der Waals surface area contributed by atoms with Crippen molar-refractivity contribution in [2.24, 2.45) is 0 Å². The predicted molar refractivity (Wildman–Crippen MR) is 117 cm³/mol. The smallest absolute Gasteiger partial charge is 0.358 e. The average Bonchev–Trinajstić information content (AvgIpc) is 3.18. The van der Waals surface area contributed by atoms with Gasteiger partial charge in [0, 0.05) is 0 Å². The van der Waals surface area contributed by atoms with Gasteiger partial charge in [0.1, 0.15) is 0 Å². The van der Waals surface area contributed by atoms with Crippen molar-refractivity contribution >= 4 is 0 Å². The van der Waals surface area contributed by atoms with Gasteiger partial charge in [0.25, 0.3) is 0 Å². The van der Waals surface area contributed by atoms with E-state index >= 15 is 0 Å². The van der Waals surface area contributed by atoms with E-state index in [4.69, 9.17) is 0 Å². The zero-order valence-corrected chi connectivity index (χ0v) is 18.6. The Balaban J connectivity index is 0.000000399. The Morgan fingerprint density at radius 1 is 0.786 bits per heavy atom. The molecule has 0 fully saturated rings. The van der Waals surface area contributed by atoms with Gasteiger partial charge in [-0.05, 0) is 12.0 Å². The van der Waals surface area contributed by atoms with Gasteiger partial charge in [-0.15, -0.1) is 6.42 Å². The van der Waals surface area contributed by atoms with Crippen LogP contribution in [-0.2, 0) is 28.1 Å². The van der Waals surface area contributed by atoms with E-state index in [-0.39, 0.29) is 29.1 Å².